The van der Waals surface area contributed by atoms with Crippen molar-refractivity contribution in [2.24, 2.45) is 0 Å². The van der Waals surface area contributed by atoms with Crippen molar-refractivity contribution in [3.05, 3.63) is 28.7 Å². The van der Waals surface area contributed by atoms with Gasteiger partial charge in [-0.2, -0.15) is 0 Å². The minimum absolute atomic E-state index is 0.0443. The maximum atomic E-state index is 11.5. The Hall–Kier alpha value is -1.76. The third-order valence-corrected chi connectivity index (χ3v) is 3.03. The summed E-state index contributed by atoms with van der Waals surface area (Å²) in [5.74, 6) is -0.145. The summed E-state index contributed by atoms with van der Waals surface area (Å²) < 4.78 is 6.58. The van der Waals surface area contributed by atoms with Crippen LogP contribution in [0.15, 0.2) is 28.7 Å². The zero-order valence-electron chi connectivity index (χ0n) is 11.8. The minimum atomic E-state index is -0.867. The van der Waals surface area contributed by atoms with E-state index in [1.807, 2.05) is 31.2 Å². The van der Waals surface area contributed by atoms with Crippen LogP contribution in [0.5, 0.6) is 5.75 Å². The molecule has 0 heterocycles. The number of amides is 2. The maximum absolute atomic E-state index is 11.5. The van der Waals surface area contributed by atoms with E-state index in [1.165, 1.54) is 0 Å². The first-order valence-electron chi connectivity index (χ1n) is 6.63. The molecule has 0 aliphatic rings. The van der Waals surface area contributed by atoms with Crippen LogP contribution >= 0.6 is 15.9 Å². The first kappa shape index (κ1) is 17.3. The lowest BCUT2D eigenvalue weighted by atomic mass is 10.3. The number of urea groups is 1. The largest absolute Gasteiger partial charge is 0.489 e. The number of nitrogens with one attached hydrogen (secondary N) is 2. The van der Waals surface area contributed by atoms with E-state index >= 15 is 0 Å². The van der Waals surface area contributed by atoms with Gasteiger partial charge in [-0.05, 0) is 31.5 Å². The number of carbonyl (C=O) groups is 2. The van der Waals surface area contributed by atoms with E-state index in [2.05, 4.69) is 26.6 Å². The molecule has 0 spiro atoms. The molecule has 1 unspecified atom stereocenters. The third kappa shape index (κ3) is 8.19. The second kappa shape index (κ2) is 9.23. The van der Waals surface area contributed by atoms with Crippen molar-refractivity contribution in [3.8, 4) is 5.75 Å². The van der Waals surface area contributed by atoms with Gasteiger partial charge in [0.1, 0.15) is 11.9 Å². The van der Waals surface area contributed by atoms with Crippen molar-refractivity contribution in [3.63, 3.8) is 0 Å². The zero-order valence-corrected chi connectivity index (χ0v) is 13.4. The van der Waals surface area contributed by atoms with Crippen molar-refractivity contribution in [1.82, 2.24) is 10.6 Å². The highest BCUT2D eigenvalue weighted by Gasteiger charge is 2.07. The molecular formula is C14H19BrN2O4. The number of carboxylic acids is 1. The topological polar surface area (TPSA) is 87.7 Å². The molecule has 1 aromatic carbocycles. The number of hydrogen-bond acceptors (Lipinski definition) is 3. The van der Waals surface area contributed by atoms with Crippen LogP contribution in [0.3, 0.4) is 0 Å². The minimum Gasteiger partial charge on any atom is -0.489 e. The molecule has 1 aromatic rings. The van der Waals surface area contributed by atoms with Crippen LogP contribution in [0.4, 0.5) is 4.79 Å². The molecule has 0 fully saturated rings. The Morgan fingerprint density at radius 1 is 1.38 bits per heavy atom. The molecule has 21 heavy (non-hydrogen) atoms. The lowest BCUT2D eigenvalue weighted by Crippen LogP contribution is -2.40. The Morgan fingerprint density at radius 3 is 2.81 bits per heavy atom. The SMILES string of the molecule is CC(CNC(=O)NCCCC(=O)O)Oc1cccc(Br)c1. The van der Waals surface area contributed by atoms with E-state index in [0.717, 1.165) is 10.2 Å². The molecule has 1 atom stereocenters. The summed E-state index contributed by atoms with van der Waals surface area (Å²) in [4.78, 5) is 21.8. The highest BCUT2D eigenvalue weighted by Crippen LogP contribution is 2.18. The second-order valence-electron chi connectivity index (χ2n) is 4.52. The highest BCUT2D eigenvalue weighted by molar-refractivity contribution is 9.10. The van der Waals surface area contributed by atoms with Crippen LogP contribution in [0.2, 0.25) is 0 Å². The molecule has 3 N–H and O–H groups in total. The van der Waals surface area contributed by atoms with E-state index in [9.17, 15) is 9.59 Å². The molecule has 2 amide bonds. The van der Waals surface area contributed by atoms with Gasteiger partial charge in [-0.15, -0.1) is 0 Å². The van der Waals surface area contributed by atoms with Gasteiger partial charge < -0.3 is 20.5 Å². The molecule has 0 aromatic heterocycles. The van der Waals surface area contributed by atoms with Crippen LogP contribution < -0.4 is 15.4 Å². The van der Waals surface area contributed by atoms with Crippen molar-refractivity contribution < 1.29 is 19.4 Å². The highest BCUT2D eigenvalue weighted by atomic mass is 79.9. The average Bonchev–Trinajstić information content (AvgIpc) is 2.41. The summed E-state index contributed by atoms with van der Waals surface area (Å²) in [6.45, 7) is 2.54. The van der Waals surface area contributed by atoms with Crippen LogP contribution in [-0.4, -0.2) is 36.3 Å². The predicted molar refractivity (Wildman–Crippen MR) is 82.5 cm³/mol. The summed E-state index contributed by atoms with van der Waals surface area (Å²) in [6.07, 6.45) is 0.277. The van der Waals surface area contributed by atoms with Crippen molar-refractivity contribution in [1.29, 1.82) is 0 Å². The standard InChI is InChI=1S/C14H19BrN2O4/c1-10(21-12-5-2-4-11(15)8-12)9-17-14(20)16-7-3-6-13(18)19/h2,4-5,8,10H,3,6-7,9H2,1H3,(H,18,19)(H2,16,17,20). The molecule has 0 saturated heterocycles. The fourth-order valence-corrected chi connectivity index (χ4v) is 1.93. The lowest BCUT2D eigenvalue weighted by Gasteiger charge is -2.16. The van der Waals surface area contributed by atoms with Gasteiger partial charge in [-0.3, -0.25) is 4.79 Å². The van der Waals surface area contributed by atoms with Crippen molar-refractivity contribution in [2.45, 2.75) is 25.9 Å². The third-order valence-electron chi connectivity index (χ3n) is 2.54. The number of halogens is 1. The van der Waals surface area contributed by atoms with Crippen LogP contribution in [0.25, 0.3) is 0 Å². The Labute approximate surface area is 132 Å². The molecule has 0 saturated carbocycles. The molecule has 0 aliphatic heterocycles. The van der Waals surface area contributed by atoms with E-state index in [1.54, 1.807) is 0 Å². The Morgan fingerprint density at radius 2 is 2.14 bits per heavy atom. The van der Waals surface area contributed by atoms with E-state index in [4.69, 9.17) is 9.84 Å². The van der Waals surface area contributed by atoms with Gasteiger partial charge >= 0.3 is 12.0 Å². The zero-order chi connectivity index (χ0) is 15.7. The molecule has 0 aliphatic carbocycles. The van der Waals surface area contributed by atoms with Crippen LogP contribution in [0, 0.1) is 0 Å². The lowest BCUT2D eigenvalue weighted by molar-refractivity contribution is -0.137. The average molecular weight is 359 g/mol. The van der Waals surface area contributed by atoms with E-state index < -0.39 is 5.97 Å². The number of aliphatic carboxylic acids is 1. The van der Waals surface area contributed by atoms with Crippen molar-refractivity contribution >= 4 is 27.9 Å². The van der Waals surface area contributed by atoms with Gasteiger partial charge in [0.15, 0.2) is 0 Å². The molecule has 7 heteroatoms. The Balaban J connectivity index is 2.18. The number of ether oxygens (including phenoxy) is 1. The quantitative estimate of drug-likeness (QED) is 0.622. The number of hydrogen-bond donors (Lipinski definition) is 3. The first-order valence-corrected chi connectivity index (χ1v) is 7.42. The molecule has 0 radical (unpaired) electrons. The van der Waals surface area contributed by atoms with Gasteiger partial charge in [0.2, 0.25) is 0 Å². The Kier molecular flexibility index (Phi) is 7.60. The van der Waals surface area contributed by atoms with Crippen molar-refractivity contribution in [2.75, 3.05) is 13.1 Å². The smallest absolute Gasteiger partial charge is 0.314 e. The second-order valence-corrected chi connectivity index (χ2v) is 5.44. The predicted octanol–water partition coefficient (Wildman–Crippen LogP) is 2.38. The summed E-state index contributed by atoms with van der Waals surface area (Å²) in [7, 11) is 0. The van der Waals surface area contributed by atoms with E-state index in [0.29, 0.717) is 19.5 Å². The van der Waals surface area contributed by atoms with Gasteiger partial charge in [-0.25, -0.2) is 4.79 Å². The van der Waals surface area contributed by atoms with E-state index in [-0.39, 0.29) is 18.6 Å². The monoisotopic (exact) mass is 358 g/mol. The molecule has 116 valence electrons. The first-order chi connectivity index (χ1) is 9.97. The summed E-state index contributed by atoms with van der Waals surface area (Å²) >= 11 is 3.36. The summed E-state index contributed by atoms with van der Waals surface area (Å²) in [5.41, 5.74) is 0. The van der Waals surface area contributed by atoms with Gasteiger partial charge in [-0.1, -0.05) is 22.0 Å². The van der Waals surface area contributed by atoms with Gasteiger partial charge in [0.05, 0.1) is 6.54 Å². The normalized spacial score (nSPS) is 11.5. The fourth-order valence-electron chi connectivity index (χ4n) is 1.55. The summed E-state index contributed by atoms with van der Waals surface area (Å²) in [6, 6.07) is 7.13. The van der Waals surface area contributed by atoms with Crippen LogP contribution in [-0.2, 0) is 4.79 Å². The van der Waals surface area contributed by atoms with Crippen LogP contribution in [0.1, 0.15) is 19.8 Å². The molecular weight excluding hydrogens is 340 g/mol. The molecule has 6 nitrogen and oxygen atoms in total. The number of benzene rings is 1. The maximum Gasteiger partial charge on any atom is 0.314 e. The van der Waals surface area contributed by atoms with Gasteiger partial charge in [0, 0.05) is 17.4 Å². The molecule has 0 bridgehead atoms. The number of rotatable bonds is 8. The van der Waals surface area contributed by atoms with Gasteiger partial charge in [0.25, 0.3) is 0 Å². The Bertz CT molecular complexity index is 482. The number of carboxylic acid groups (broad SMARTS) is 1. The molecule has 1 rings (SSSR count). The number of carbonyl (C=O) groups excluding carboxylic acids is 1. The summed E-state index contributed by atoms with van der Waals surface area (Å²) in [5, 5.41) is 13.7. The fraction of sp³-hybridized carbons (Fsp3) is 0.429.